The van der Waals surface area contributed by atoms with Crippen molar-refractivity contribution in [1.29, 1.82) is 0 Å². The lowest BCUT2D eigenvalue weighted by Gasteiger charge is -2.18. The molecule has 2 aromatic rings. The summed E-state index contributed by atoms with van der Waals surface area (Å²) in [6, 6.07) is 10.1. The number of allylic oxidation sites excluding steroid dienone is 3. The Hall–Kier alpha value is -2.21. The van der Waals surface area contributed by atoms with Gasteiger partial charge in [-0.25, -0.2) is 0 Å². The minimum Gasteiger partial charge on any atom is -0.481 e. The lowest BCUT2D eigenvalue weighted by atomic mass is 9.89. The number of carboxylic acids is 1. The minimum atomic E-state index is -0.775. The van der Waals surface area contributed by atoms with Crippen LogP contribution in [0.1, 0.15) is 43.1 Å². The summed E-state index contributed by atoms with van der Waals surface area (Å²) in [6.45, 7) is 4.12. The SMILES string of the molecule is C=C1C[C@H](O)[C@H](CC=CCCCC(=O)O)[C@H]1C=CC(O)c1cc2ccccc2s1. The Morgan fingerprint density at radius 2 is 2.10 bits per heavy atom. The number of carboxylic acid groups (broad SMARTS) is 1. The van der Waals surface area contributed by atoms with Gasteiger partial charge in [0.2, 0.25) is 0 Å². The Morgan fingerprint density at radius 1 is 1.31 bits per heavy atom. The van der Waals surface area contributed by atoms with E-state index in [0.717, 1.165) is 27.0 Å². The monoisotopic (exact) mass is 412 g/mol. The number of aliphatic hydroxyl groups excluding tert-OH is 2. The van der Waals surface area contributed by atoms with Crippen LogP contribution >= 0.6 is 11.3 Å². The van der Waals surface area contributed by atoms with Crippen molar-refractivity contribution in [2.24, 2.45) is 11.8 Å². The number of aliphatic carboxylic acids is 1. The fourth-order valence-corrected chi connectivity index (χ4v) is 4.92. The lowest BCUT2D eigenvalue weighted by Crippen LogP contribution is -2.17. The van der Waals surface area contributed by atoms with Gasteiger partial charge in [0.15, 0.2) is 0 Å². The van der Waals surface area contributed by atoms with E-state index in [1.807, 2.05) is 54.6 Å². The largest absolute Gasteiger partial charge is 0.481 e. The van der Waals surface area contributed by atoms with Crippen molar-refractivity contribution in [2.75, 3.05) is 0 Å². The van der Waals surface area contributed by atoms with Crippen molar-refractivity contribution >= 4 is 27.4 Å². The number of carbonyl (C=O) groups is 1. The van der Waals surface area contributed by atoms with Gasteiger partial charge in [0.25, 0.3) is 0 Å². The number of unbranched alkanes of at least 4 members (excludes halogenated alkanes) is 1. The molecule has 0 spiro atoms. The van der Waals surface area contributed by atoms with Crippen LogP contribution < -0.4 is 0 Å². The molecule has 1 heterocycles. The van der Waals surface area contributed by atoms with E-state index < -0.39 is 18.2 Å². The lowest BCUT2D eigenvalue weighted by molar-refractivity contribution is -0.137. The maximum atomic E-state index is 10.6. The van der Waals surface area contributed by atoms with E-state index in [9.17, 15) is 15.0 Å². The third-order valence-corrected chi connectivity index (χ3v) is 6.66. The van der Waals surface area contributed by atoms with Gasteiger partial charge < -0.3 is 15.3 Å². The highest BCUT2D eigenvalue weighted by Crippen LogP contribution is 2.40. The van der Waals surface area contributed by atoms with Crippen LogP contribution in [0.4, 0.5) is 0 Å². The van der Waals surface area contributed by atoms with Crippen molar-refractivity contribution in [2.45, 2.75) is 44.3 Å². The first-order valence-corrected chi connectivity index (χ1v) is 10.8. The first-order valence-electron chi connectivity index (χ1n) is 10.0. The van der Waals surface area contributed by atoms with Crippen LogP contribution in [0.3, 0.4) is 0 Å². The normalized spacial score (nSPS) is 23.5. The molecule has 1 saturated carbocycles. The zero-order valence-corrected chi connectivity index (χ0v) is 17.2. The number of hydrogen-bond acceptors (Lipinski definition) is 4. The summed E-state index contributed by atoms with van der Waals surface area (Å²) in [5, 5.41) is 30.8. The molecular weight excluding hydrogens is 384 g/mol. The third-order valence-electron chi connectivity index (χ3n) is 5.47. The minimum absolute atomic E-state index is 0.0256. The zero-order chi connectivity index (χ0) is 20.8. The summed E-state index contributed by atoms with van der Waals surface area (Å²) in [6.07, 6.45) is 9.49. The van der Waals surface area contributed by atoms with E-state index in [0.29, 0.717) is 19.3 Å². The van der Waals surface area contributed by atoms with Crippen molar-refractivity contribution in [3.8, 4) is 0 Å². The maximum Gasteiger partial charge on any atom is 0.303 e. The zero-order valence-electron chi connectivity index (χ0n) is 16.4. The predicted octanol–water partition coefficient (Wildman–Crippen LogP) is 5.25. The Morgan fingerprint density at radius 3 is 2.86 bits per heavy atom. The first kappa shape index (κ1) is 21.5. The van der Waals surface area contributed by atoms with E-state index in [1.165, 1.54) is 0 Å². The highest BCUT2D eigenvalue weighted by atomic mass is 32.1. The molecule has 0 radical (unpaired) electrons. The molecule has 0 saturated heterocycles. The van der Waals surface area contributed by atoms with Crippen molar-refractivity contribution in [3.05, 3.63) is 71.7 Å². The molecule has 1 aliphatic rings. The first-order chi connectivity index (χ1) is 14.0. The van der Waals surface area contributed by atoms with Gasteiger partial charge in [0.05, 0.1) is 6.10 Å². The van der Waals surface area contributed by atoms with Gasteiger partial charge in [0, 0.05) is 21.9 Å². The number of aliphatic hydroxyl groups is 2. The van der Waals surface area contributed by atoms with Gasteiger partial charge in [-0.3, -0.25) is 4.79 Å². The number of thiophene rings is 1. The number of benzene rings is 1. The number of fused-ring (bicyclic) bond motifs is 1. The van der Waals surface area contributed by atoms with Gasteiger partial charge >= 0.3 is 5.97 Å². The molecule has 0 aliphatic heterocycles. The van der Waals surface area contributed by atoms with Crippen LogP contribution in [-0.4, -0.2) is 27.4 Å². The molecule has 1 aliphatic carbocycles. The van der Waals surface area contributed by atoms with E-state index in [2.05, 4.69) is 6.58 Å². The van der Waals surface area contributed by atoms with Crippen LogP contribution in [-0.2, 0) is 4.79 Å². The molecule has 5 heteroatoms. The average Bonchev–Trinajstić information content (AvgIpc) is 3.23. The Balaban J connectivity index is 1.61. The Labute approximate surface area is 175 Å². The fourth-order valence-electron chi connectivity index (χ4n) is 3.89. The fraction of sp³-hybridized carbons (Fsp3) is 0.375. The molecule has 0 bridgehead atoms. The molecule has 4 nitrogen and oxygen atoms in total. The summed E-state index contributed by atoms with van der Waals surface area (Å²) >= 11 is 1.59. The van der Waals surface area contributed by atoms with Crippen LogP contribution in [0.2, 0.25) is 0 Å². The second-order valence-corrected chi connectivity index (χ2v) is 8.74. The van der Waals surface area contributed by atoms with Gasteiger partial charge in [-0.15, -0.1) is 11.3 Å². The summed E-state index contributed by atoms with van der Waals surface area (Å²) in [4.78, 5) is 11.5. The maximum absolute atomic E-state index is 10.6. The summed E-state index contributed by atoms with van der Waals surface area (Å²) in [5.41, 5.74) is 0.988. The van der Waals surface area contributed by atoms with Gasteiger partial charge in [0.1, 0.15) is 6.10 Å². The number of hydrogen-bond donors (Lipinski definition) is 3. The molecular formula is C24H28O4S. The molecule has 1 fully saturated rings. The molecule has 1 unspecified atom stereocenters. The highest BCUT2D eigenvalue weighted by Gasteiger charge is 2.35. The van der Waals surface area contributed by atoms with Crippen molar-refractivity contribution in [1.82, 2.24) is 0 Å². The number of rotatable bonds is 9. The average molecular weight is 413 g/mol. The van der Waals surface area contributed by atoms with E-state index >= 15 is 0 Å². The van der Waals surface area contributed by atoms with Crippen LogP contribution in [0, 0.1) is 11.8 Å². The quantitative estimate of drug-likeness (QED) is 0.388. The second-order valence-electron chi connectivity index (χ2n) is 7.63. The molecule has 154 valence electrons. The van der Waals surface area contributed by atoms with Gasteiger partial charge in [-0.05, 0) is 49.1 Å². The molecule has 4 atom stereocenters. The van der Waals surface area contributed by atoms with Crippen molar-refractivity contribution in [3.63, 3.8) is 0 Å². The van der Waals surface area contributed by atoms with Gasteiger partial charge in [-0.1, -0.05) is 54.7 Å². The van der Waals surface area contributed by atoms with Crippen LogP contribution in [0.5, 0.6) is 0 Å². The van der Waals surface area contributed by atoms with Crippen LogP contribution in [0.15, 0.2) is 66.8 Å². The summed E-state index contributed by atoms with van der Waals surface area (Å²) < 4.78 is 1.15. The van der Waals surface area contributed by atoms with E-state index in [-0.39, 0.29) is 18.3 Å². The molecule has 1 aromatic carbocycles. The van der Waals surface area contributed by atoms with Crippen molar-refractivity contribution < 1.29 is 20.1 Å². The molecule has 3 rings (SSSR count). The Kier molecular flexibility index (Phi) is 7.42. The standard InChI is InChI=1S/C24H28O4S/c1-16-14-21(26)19(9-4-2-3-5-11-24(27)28)18(16)12-13-20(25)23-15-17-8-6-7-10-22(17)29-23/h2,4,6-8,10,12-13,15,18-21,25-26H,1,3,5,9,11,14H2,(H,27,28)/t18-,19+,20?,21-/m0/s1. The summed E-state index contributed by atoms with van der Waals surface area (Å²) in [5.74, 6) is -0.718. The highest BCUT2D eigenvalue weighted by molar-refractivity contribution is 7.19. The Bertz CT molecular complexity index is 877. The van der Waals surface area contributed by atoms with E-state index in [1.54, 1.807) is 11.3 Å². The predicted molar refractivity (Wildman–Crippen MR) is 118 cm³/mol. The molecule has 1 aromatic heterocycles. The van der Waals surface area contributed by atoms with Gasteiger partial charge in [-0.2, -0.15) is 0 Å². The molecule has 29 heavy (non-hydrogen) atoms. The summed E-state index contributed by atoms with van der Waals surface area (Å²) in [7, 11) is 0. The van der Waals surface area contributed by atoms with Crippen LogP contribution in [0.25, 0.3) is 10.1 Å². The smallest absolute Gasteiger partial charge is 0.303 e. The molecule has 3 N–H and O–H groups in total. The topological polar surface area (TPSA) is 77.8 Å². The second kappa shape index (κ2) is 10.0. The third kappa shape index (κ3) is 5.66. The van der Waals surface area contributed by atoms with E-state index in [4.69, 9.17) is 5.11 Å². The molecule has 0 amide bonds.